The molecule has 0 saturated carbocycles. The highest BCUT2D eigenvalue weighted by Crippen LogP contribution is 2.25. The van der Waals surface area contributed by atoms with Crippen LogP contribution in [0.15, 0.2) is 22.8 Å². The molecule has 0 bridgehead atoms. The lowest BCUT2D eigenvalue weighted by molar-refractivity contribution is -0.121. The van der Waals surface area contributed by atoms with Gasteiger partial charge in [-0.1, -0.05) is 15.9 Å². The molecular formula is C12H12BrN3O3. The fourth-order valence-corrected chi connectivity index (χ4v) is 2.21. The van der Waals surface area contributed by atoms with Crippen molar-refractivity contribution in [3.63, 3.8) is 0 Å². The Balaban J connectivity index is 2.57. The number of rotatable bonds is 3. The maximum Gasteiger partial charge on any atom is 0.338 e. The number of likely N-dealkylation sites (N-methyl/N-ethyl adjacent to an activating group) is 1. The van der Waals surface area contributed by atoms with Gasteiger partial charge in [-0.3, -0.25) is 9.48 Å². The zero-order valence-electron chi connectivity index (χ0n) is 10.4. The van der Waals surface area contributed by atoms with Gasteiger partial charge < -0.3 is 10.1 Å². The summed E-state index contributed by atoms with van der Waals surface area (Å²) in [6.45, 7) is 0.0943. The predicted molar refractivity (Wildman–Crippen MR) is 72.8 cm³/mol. The van der Waals surface area contributed by atoms with E-state index >= 15 is 0 Å². The van der Waals surface area contributed by atoms with Gasteiger partial charge in [0.05, 0.1) is 24.4 Å². The number of benzene rings is 1. The minimum atomic E-state index is -0.439. The van der Waals surface area contributed by atoms with Crippen LogP contribution < -0.4 is 5.32 Å². The zero-order valence-corrected chi connectivity index (χ0v) is 12.0. The summed E-state index contributed by atoms with van der Waals surface area (Å²) in [4.78, 5) is 23.1. The third kappa shape index (κ3) is 2.60. The second-order valence-corrected chi connectivity index (χ2v) is 4.77. The number of nitrogens with one attached hydrogen (secondary N) is 1. The van der Waals surface area contributed by atoms with Crippen LogP contribution in [-0.4, -0.2) is 35.8 Å². The number of esters is 1. The summed E-state index contributed by atoms with van der Waals surface area (Å²) in [6.07, 6.45) is 1.55. The third-order valence-corrected chi connectivity index (χ3v) is 3.16. The SMILES string of the molecule is CNC(=O)Cn1ncc2c(C(=O)OC)cc(Br)cc21. The van der Waals surface area contributed by atoms with Crippen LogP contribution in [-0.2, 0) is 16.1 Å². The molecule has 0 fully saturated rings. The summed E-state index contributed by atoms with van der Waals surface area (Å²) in [5.74, 6) is -0.601. The summed E-state index contributed by atoms with van der Waals surface area (Å²) >= 11 is 3.33. The van der Waals surface area contributed by atoms with E-state index in [2.05, 4.69) is 26.3 Å². The van der Waals surface area contributed by atoms with E-state index in [9.17, 15) is 9.59 Å². The molecule has 1 N–H and O–H groups in total. The van der Waals surface area contributed by atoms with E-state index < -0.39 is 5.97 Å². The zero-order chi connectivity index (χ0) is 14.0. The second kappa shape index (κ2) is 5.40. The molecule has 2 rings (SSSR count). The number of carbonyl (C=O) groups excluding carboxylic acids is 2. The standard InChI is InChI=1S/C12H12BrN3O3/c1-14-11(17)6-16-10-4-7(13)3-8(12(18)19-2)9(10)5-15-16/h3-5H,6H2,1-2H3,(H,14,17). The molecule has 19 heavy (non-hydrogen) atoms. The van der Waals surface area contributed by atoms with Crippen molar-refractivity contribution in [3.05, 3.63) is 28.4 Å². The monoisotopic (exact) mass is 325 g/mol. The van der Waals surface area contributed by atoms with Gasteiger partial charge in [0.1, 0.15) is 6.54 Å². The molecule has 7 heteroatoms. The number of aromatic nitrogens is 2. The maximum atomic E-state index is 11.7. The van der Waals surface area contributed by atoms with E-state index in [-0.39, 0.29) is 12.5 Å². The van der Waals surface area contributed by atoms with Crippen molar-refractivity contribution in [2.24, 2.45) is 0 Å². The quantitative estimate of drug-likeness (QED) is 0.864. The first-order valence-corrected chi connectivity index (χ1v) is 6.30. The number of hydrogen-bond acceptors (Lipinski definition) is 4. The Morgan fingerprint density at radius 2 is 2.21 bits per heavy atom. The molecule has 0 radical (unpaired) electrons. The number of amides is 1. The Hall–Kier alpha value is -1.89. The van der Waals surface area contributed by atoms with Crippen molar-refractivity contribution in [2.45, 2.75) is 6.54 Å². The summed E-state index contributed by atoms with van der Waals surface area (Å²) < 4.78 is 6.99. The molecule has 6 nitrogen and oxygen atoms in total. The van der Waals surface area contributed by atoms with E-state index in [1.807, 2.05) is 0 Å². The summed E-state index contributed by atoms with van der Waals surface area (Å²) in [7, 11) is 2.88. The molecular weight excluding hydrogens is 314 g/mol. The number of nitrogens with zero attached hydrogens (tertiary/aromatic N) is 2. The lowest BCUT2D eigenvalue weighted by atomic mass is 10.1. The fraction of sp³-hybridized carbons (Fsp3) is 0.250. The van der Waals surface area contributed by atoms with E-state index in [0.29, 0.717) is 16.5 Å². The number of fused-ring (bicyclic) bond motifs is 1. The topological polar surface area (TPSA) is 73.2 Å². The van der Waals surface area contributed by atoms with Gasteiger partial charge in [-0.25, -0.2) is 4.79 Å². The number of halogens is 1. The molecule has 1 amide bonds. The van der Waals surface area contributed by atoms with Crippen molar-refractivity contribution < 1.29 is 14.3 Å². The number of carbonyl (C=O) groups is 2. The van der Waals surface area contributed by atoms with E-state index in [1.165, 1.54) is 11.8 Å². The molecule has 0 unspecified atom stereocenters. The molecule has 0 saturated heterocycles. The molecule has 1 aromatic heterocycles. The van der Waals surface area contributed by atoms with Crippen LogP contribution in [0.5, 0.6) is 0 Å². The molecule has 1 heterocycles. The van der Waals surface area contributed by atoms with E-state index in [0.717, 1.165) is 4.47 Å². The largest absolute Gasteiger partial charge is 0.465 e. The first-order chi connectivity index (χ1) is 9.06. The van der Waals surface area contributed by atoms with Crippen LogP contribution in [0.25, 0.3) is 10.9 Å². The highest BCUT2D eigenvalue weighted by Gasteiger charge is 2.16. The Labute approximate surface area is 117 Å². The van der Waals surface area contributed by atoms with Gasteiger partial charge in [-0.05, 0) is 12.1 Å². The van der Waals surface area contributed by atoms with E-state index in [4.69, 9.17) is 4.74 Å². The number of methoxy groups -OCH3 is 1. The van der Waals surface area contributed by atoms with Gasteiger partial charge in [-0.2, -0.15) is 5.10 Å². The summed E-state index contributed by atoms with van der Waals surface area (Å²) in [5, 5.41) is 7.31. The molecule has 1 aromatic carbocycles. The second-order valence-electron chi connectivity index (χ2n) is 3.85. The fourth-order valence-electron chi connectivity index (χ4n) is 1.76. The maximum absolute atomic E-state index is 11.7. The van der Waals surface area contributed by atoms with Crippen molar-refractivity contribution in [2.75, 3.05) is 14.2 Å². The lowest BCUT2D eigenvalue weighted by Gasteiger charge is -2.05. The highest BCUT2D eigenvalue weighted by molar-refractivity contribution is 9.10. The normalized spacial score (nSPS) is 10.5. The Bertz CT molecular complexity index is 651. The van der Waals surface area contributed by atoms with Crippen LogP contribution in [0, 0.1) is 0 Å². The Morgan fingerprint density at radius 3 is 2.84 bits per heavy atom. The summed E-state index contributed by atoms with van der Waals surface area (Å²) in [6, 6.07) is 3.47. The predicted octanol–water partition coefficient (Wildman–Crippen LogP) is 1.33. The van der Waals surface area contributed by atoms with Gasteiger partial charge >= 0.3 is 5.97 Å². The Kier molecular flexibility index (Phi) is 3.84. The van der Waals surface area contributed by atoms with Crippen molar-refractivity contribution in [1.29, 1.82) is 0 Å². The van der Waals surface area contributed by atoms with Gasteiger partial charge in [0.2, 0.25) is 5.91 Å². The molecule has 0 spiro atoms. The highest BCUT2D eigenvalue weighted by atomic mass is 79.9. The average molecular weight is 326 g/mol. The van der Waals surface area contributed by atoms with Crippen LogP contribution in [0.1, 0.15) is 10.4 Å². The molecule has 0 aliphatic carbocycles. The van der Waals surface area contributed by atoms with Crippen LogP contribution in [0.3, 0.4) is 0 Å². The van der Waals surface area contributed by atoms with Crippen molar-refractivity contribution in [1.82, 2.24) is 15.1 Å². The van der Waals surface area contributed by atoms with Crippen molar-refractivity contribution >= 4 is 38.7 Å². The van der Waals surface area contributed by atoms with Crippen LogP contribution in [0.2, 0.25) is 0 Å². The molecule has 100 valence electrons. The van der Waals surface area contributed by atoms with E-state index in [1.54, 1.807) is 25.4 Å². The smallest absolute Gasteiger partial charge is 0.338 e. The molecule has 0 aliphatic rings. The van der Waals surface area contributed by atoms with Gasteiger partial charge in [0.25, 0.3) is 0 Å². The van der Waals surface area contributed by atoms with Gasteiger partial charge in [0.15, 0.2) is 0 Å². The van der Waals surface area contributed by atoms with Crippen LogP contribution >= 0.6 is 15.9 Å². The first-order valence-electron chi connectivity index (χ1n) is 5.50. The number of ether oxygens (including phenoxy) is 1. The molecule has 2 aromatic rings. The van der Waals surface area contributed by atoms with Gasteiger partial charge in [-0.15, -0.1) is 0 Å². The van der Waals surface area contributed by atoms with Crippen molar-refractivity contribution in [3.8, 4) is 0 Å². The molecule has 0 aliphatic heterocycles. The lowest BCUT2D eigenvalue weighted by Crippen LogP contribution is -2.23. The minimum Gasteiger partial charge on any atom is -0.465 e. The molecule has 0 atom stereocenters. The average Bonchev–Trinajstić information content (AvgIpc) is 2.79. The summed E-state index contributed by atoms with van der Waals surface area (Å²) in [5.41, 5.74) is 1.11. The van der Waals surface area contributed by atoms with Gasteiger partial charge in [0, 0.05) is 16.9 Å². The van der Waals surface area contributed by atoms with Crippen LogP contribution in [0.4, 0.5) is 0 Å². The first kappa shape index (κ1) is 13.5. The number of hydrogen-bond donors (Lipinski definition) is 1. The Morgan fingerprint density at radius 1 is 1.47 bits per heavy atom. The minimum absolute atomic E-state index is 0.0943. The third-order valence-electron chi connectivity index (χ3n) is 2.70.